The van der Waals surface area contributed by atoms with Crippen LogP contribution in [0.15, 0.2) is 23.1 Å². The van der Waals surface area contributed by atoms with Gasteiger partial charge < -0.3 is 14.8 Å². The van der Waals surface area contributed by atoms with Crippen LogP contribution in [0.2, 0.25) is 0 Å². The van der Waals surface area contributed by atoms with Crippen molar-refractivity contribution in [2.45, 2.75) is 31.7 Å². The van der Waals surface area contributed by atoms with Gasteiger partial charge in [0.25, 0.3) is 5.91 Å². The van der Waals surface area contributed by atoms with Crippen LogP contribution in [0.3, 0.4) is 0 Å². The van der Waals surface area contributed by atoms with Gasteiger partial charge >= 0.3 is 0 Å². The maximum absolute atomic E-state index is 12.4. The van der Waals surface area contributed by atoms with Crippen molar-refractivity contribution in [1.29, 1.82) is 0 Å². The van der Waals surface area contributed by atoms with Crippen molar-refractivity contribution < 1.29 is 22.7 Å². The molecule has 0 atom stereocenters. The third kappa shape index (κ3) is 5.81. The highest BCUT2D eigenvalue weighted by molar-refractivity contribution is 7.89. The molecule has 0 fully saturated rings. The molecule has 0 saturated carbocycles. The molecule has 7 nitrogen and oxygen atoms in total. The zero-order valence-corrected chi connectivity index (χ0v) is 14.7. The van der Waals surface area contributed by atoms with Crippen molar-refractivity contribution in [2.75, 3.05) is 26.9 Å². The van der Waals surface area contributed by atoms with Crippen LogP contribution in [0.25, 0.3) is 0 Å². The number of carbonyl (C=O) groups is 1. The summed E-state index contributed by atoms with van der Waals surface area (Å²) in [5, 5.41) is 2.65. The van der Waals surface area contributed by atoms with Crippen molar-refractivity contribution in [2.24, 2.45) is 0 Å². The summed E-state index contributed by atoms with van der Waals surface area (Å²) in [4.78, 5) is 12.0. The standard InChI is InChI=1S/C15H24N2O5S/c1-5-22-13-7-6-12(15(18)16-8-9-21-4)10-14(13)23(19,20)17-11(2)3/h6-7,10-11,17H,5,8-9H2,1-4H3,(H,16,18). The first-order chi connectivity index (χ1) is 10.8. The molecule has 1 rings (SSSR count). The third-order valence-corrected chi connectivity index (χ3v) is 4.46. The number of carbonyl (C=O) groups excluding carboxylic acids is 1. The van der Waals surface area contributed by atoms with E-state index in [1.54, 1.807) is 20.8 Å². The van der Waals surface area contributed by atoms with E-state index in [2.05, 4.69) is 10.0 Å². The molecule has 0 aromatic heterocycles. The molecule has 23 heavy (non-hydrogen) atoms. The van der Waals surface area contributed by atoms with Crippen LogP contribution in [0, 0.1) is 0 Å². The summed E-state index contributed by atoms with van der Waals surface area (Å²) in [6.45, 7) is 6.25. The minimum Gasteiger partial charge on any atom is -0.492 e. The maximum Gasteiger partial charge on any atom is 0.251 e. The highest BCUT2D eigenvalue weighted by atomic mass is 32.2. The molecule has 8 heteroatoms. The van der Waals surface area contributed by atoms with Crippen molar-refractivity contribution in [1.82, 2.24) is 10.0 Å². The van der Waals surface area contributed by atoms with E-state index in [1.807, 2.05) is 0 Å². The molecular formula is C15H24N2O5S. The number of benzene rings is 1. The van der Waals surface area contributed by atoms with E-state index in [0.717, 1.165) is 0 Å². The number of hydrogen-bond acceptors (Lipinski definition) is 5. The Balaban J connectivity index is 3.15. The number of amides is 1. The number of sulfonamides is 1. The van der Waals surface area contributed by atoms with Crippen molar-refractivity contribution in [3.05, 3.63) is 23.8 Å². The number of ether oxygens (including phenoxy) is 2. The minimum atomic E-state index is -3.77. The Morgan fingerprint density at radius 3 is 2.57 bits per heavy atom. The molecule has 0 saturated heterocycles. The largest absolute Gasteiger partial charge is 0.492 e. The van der Waals surface area contributed by atoms with Gasteiger partial charge in [0.05, 0.1) is 13.2 Å². The quantitative estimate of drug-likeness (QED) is 0.656. The Morgan fingerprint density at radius 1 is 1.30 bits per heavy atom. The summed E-state index contributed by atoms with van der Waals surface area (Å²) in [7, 11) is -2.24. The van der Waals surface area contributed by atoms with E-state index in [1.165, 1.54) is 25.3 Å². The van der Waals surface area contributed by atoms with Gasteiger partial charge in [-0.1, -0.05) is 0 Å². The number of hydrogen-bond donors (Lipinski definition) is 2. The van der Waals surface area contributed by atoms with Crippen LogP contribution < -0.4 is 14.8 Å². The highest BCUT2D eigenvalue weighted by Gasteiger charge is 2.22. The van der Waals surface area contributed by atoms with Crippen molar-refractivity contribution in [3.8, 4) is 5.75 Å². The van der Waals surface area contributed by atoms with Crippen LogP contribution >= 0.6 is 0 Å². The fourth-order valence-corrected chi connectivity index (χ4v) is 3.30. The molecule has 0 radical (unpaired) electrons. The fourth-order valence-electron chi connectivity index (χ4n) is 1.88. The van der Waals surface area contributed by atoms with E-state index in [-0.39, 0.29) is 28.2 Å². The van der Waals surface area contributed by atoms with Crippen molar-refractivity contribution in [3.63, 3.8) is 0 Å². The molecule has 2 N–H and O–H groups in total. The highest BCUT2D eigenvalue weighted by Crippen LogP contribution is 2.25. The average Bonchev–Trinajstić information content (AvgIpc) is 2.46. The van der Waals surface area contributed by atoms with Gasteiger partial charge in [-0.15, -0.1) is 0 Å². The second-order valence-electron chi connectivity index (χ2n) is 5.12. The Bertz CT molecular complexity index is 629. The van der Waals surface area contributed by atoms with E-state index in [0.29, 0.717) is 19.8 Å². The van der Waals surface area contributed by atoms with Gasteiger partial charge in [-0.3, -0.25) is 4.79 Å². The number of rotatable bonds is 9. The lowest BCUT2D eigenvalue weighted by atomic mass is 10.2. The average molecular weight is 344 g/mol. The molecule has 0 bridgehead atoms. The molecule has 0 unspecified atom stereocenters. The smallest absolute Gasteiger partial charge is 0.251 e. The Labute approximate surface area is 137 Å². The minimum absolute atomic E-state index is 0.0487. The normalized spacial score (nSPS) is 11.5. The lowest BCUT2D eigenvalue weighted by Crippen LogP contribution is -2.31. The van der Waals surface area contributed by atoms with Crippen molar-refractivity contribution >= 4 is 15.9 Å². The number of methoxy groups -OCH3 is 1. The van der Waals surface area contributed by atoms with Gasteiger partial charge in [-0.2, -0.15) is 0 Å². The molecule has 0 aliphatic rings. The summed E-state index contributed by atoms with van der Waals surface area (Å²) in [5.74, 6) is -0.153. The Kier molecular flexibility index (Phi) is 7.47. The monoisotopic (exact) mass is 344 g/mol. The van der Waals surface area contributed by atoms with Crippen LogP contribution in [0.4, 0.5) is 0 Å². The lowest BCUT2D eigenvalue weighted by molar-refractivity contribution is 0.0937. The zero-order valence-electron chi connectivity index (χ0n) is 13.9. The number of nitrogens with one attached hydrogen (secondary N) is 2. The molecule has 130 valence electrons. The van der Waals surface area contributed by atoms with E-state index >= 15 is 0 Å². The molecule has 0 heterocycles. The second-order valence-corrected chi connectivity index (χ2v) is 6.80. The molecule has 0 aliphatic heterocycles. The first kappa shape index (κ1) is 19.4. The molecule has 0 spiro atoms. The van der Waals surface area contributed by atoms with E-state index < -0.39 is 10.0 Å². The lowest BCUT2D eigenvalue weighted by Gasteiger charge is -2.15. The third-order valence-electron chi connectivity index (χ3n) is 2.78. The van der Waals surface area contributed by atoms with Crippen LogP contribution in [0.5, 0.6) is 5.75 Å². The van der Waals surface area contributed by atoms with E-state index in [4.69, 9.17) is 9.47 Å². The molecule has 1 amide bonds. The molecular weight excluding hydrogens is 320 g/mol. The predicted molar refractivity (Wildman–Crippen MR) is 87.3 cm³/mol. The van der Waals surface area contributed by atoms with Gasteiger partial charge in [0.2, 0.25) is 10.0 Å². The molecule has 0 aliphatic carbocycles. The van der Waals surface area contributed by atoms with Gasteiger partial charge in [0, 0.05) is 25.3 Å². The predicted octanol–water partition coefficient (Wildman–Crippen LogP) is 1.15. The second kappa shape index (κ2) is 8.85. The van der Waals surface area contributed by atoms with Crippen LogP contribution in [0.1, 0.15) is 31.1 Å². The molecule has 1 aromatic rings. The summed E-state index contributed by atoms with van der Waals surface area (Å²) >= 11 is 0. The SMILES string of the molecule is CCOc1ccc(C(=O)NCCOC)cc1S(=O)(=O)NC(C)C. The summed E-state index contributed by atoms with van der Waals surface area (Å²) < 4.78 is 37.6. The summed E-state index contributed by atoms with van der Waals surface area (Å²) in [6.07, 6.45) is 0. The van der Waals surface area contributed by atoms with Crippen LogP contribution in [-0.4, -0.2) is 47.2 Å². The maximum atomic E-state index is 12.4. The van der Waals surface area contributed by atoms with Crippen LogP contribution in [-0.2, 0) is 14.8 Å². The van der Waals surface area contributed by atoms with Gasteiger partial charge in [-0.25, -0.2) is 13.1 Å². The first-order valence-corrected chi connectivity index (χ1v) is 8.86. The Morgan fingerprint density at radius 2 is 2.00 bits per heavy atom. The summed E-state index contributed by atoms with van der Waals surface area (Å²) in [6, 6.07) is 4.07. The topological polar surface area (TPSA) is 93.7 Å². The molecule has 1 aromatic carbocycles. The zero-order chi connectivity index (χ0) is 17.5. The van der Waals surface area contributed by atoms with Gasteiger partial charge in [-0.05, 0) is 39.0 Å². The van der Waals surface area contributed by atoms with Gasteiger partial charge in [0.1, 0.15) is 10.6 Å². The summed E-state index contributed by atoms with van der Waals surface area (Å²) in [5.41, 5.74) is 0.244. The van der Waals surface area contributed by atoms with E-state index in [9.17, 15) is 13.2 Å². The van der Waals surface area contributed by atoms with Gasteiger partial charge in [0.15, 0.2) is 0 Å². The first-order valence-electron chi connectivity index (χ1n) is 7.38. The fraction of sp³-hybridized carbons (Fsp3) is 0.533. The Hall–Kier alpha value is -1.64.